The summed E-state index contributed by atoms with van der Waals surface area (Å²) in [7, 11) is 0. The van der Waals surface area contributed by atoms with Crippen LogP contribution < -0.4 is 5.32 Å². The van der Waals surface area contributed by atoms with Gasteiger partial charge in [-0.2, -0.15) is 0 Å². The van der Waals surface area contributed by atoms with Gasteiger partial charge in [-0.25, -0.2) is 0 Å². The molecule has 1 fully saturated rings. The molecule has 1 saturated heterocycles. The Hall–Kier alpha value is -1.55. The number of aromatic hydroxyl groups is 1. The number of phenolic OH excluding ortho intramolecular Hbond substituents is 1. The van der Waals surface area contributed by atoms with Crippen molar-refractivity contribution in [2.24, 2.45) is 0 Å². The van der Waals surface area contributed by atoms with Crippen LogP contribution in [0.1, 0.15) is 17.3 Å². The highest BCUT2D eigenvalue weighted by molar-refractivity contribution is 5.97. The summed E-state index contributed by atoms with van der Waals surface area (Å²) in [6.07, 6.45) is 0. The number of para-hydroxylation sites is 1. The van der Waals surface area contributed by atoms with Crippen LogP contribution in [0.15, 0.2) is 24.3 Å². The van der Waals surface area contributed by atoms with E-state index in [2.05, 4.69) is 5.32 Å². The Morgan fingerprint density at radius 3 is 2.94 bits per heavy atom. The molecule has 1 aliphatic rings. The first kappa shape index (κ1) is 11.0. The number of amides is 1. The zero-order chi connectivity index (χ0) is 11.5. The predicted octanol–water partition coefficient (Wildman–Crippen LogP) is 0.826. The molecule has 1 aliphatic heterocycles. The lowest BCUT2D eigenvalue weighted by molar-refractivity contribution is 0.0653. The molecule has 0 radical (unpaired) electrons. The van der Waals surface area contributed by atoms with Crippen LogP contribution in [0, 0.1) is 0 Å². The topological polar surface area (TPSA) is 52.6 Å². The molecule has 0 bridgehead atoms. The summed E-state index contributed by atoms with van der Waals surface area (Å²) in [4.78, 5) is 14.0. The van der Waals surface area contributed by atoms with Crippen LogP contribution in [0.4, 0.5) is 0 Å². The summed E-state index contributed by atoms with van der Waals surface area (Å²) in [6.45, 7) is 4.31. The fourth-order valence-corrected chi connectivity index (χ4v) is 1.95. The molecule has 4 nitrogen and oxygen atoms in total. The van der Waals surface area contributed by atoms with Crippen molar-refractivity contribution in [1.82, 2.24) is 10.2 Å². The van der Waals surface area contributed by atoms with E-state index in [9.17, 15) is 9.90 Å². The standard InChI is InChI=1S/C12H16N2O2/c1-9-8-13-6-7-14(9)12(16)10-4-2-3-5-11(10)15/h2-5,9,13,15H,6-8H2,1H3. The van der Waals surface area contributed by atoms with Crippen molar-refractivity contribution in [2.75, 3.05) is 19.6 Å². The molecule has 0 spiro atoms. The highest BCUT2D eigenvalue weighted by Crippen LogP contribution is 2.19. The molecular formula is C12H16N2O2. The Morgan fingerprint density at radius 1 is 1.50 bits per heavy atom. The van der Waals surface area contributed by atoms with Crippen molar-refractivity contribution in [2.45, 2.75) is 13.0 Å². The van der Waals surface area contributed by atoms with Crippen molar-refractivity contribution in [1.29, 1.82) is 0 Å². The smallest absolute Gasteiger partial charge is 0.257 e. The van der Waals surface area contributed by atoms with Crippen LogP contribution >= 0.6 is 0 Å². The Morgan fingerprint density at radius 2 is 2.25 bits per heavy atom. The third kappa shape index (κ3) is 2.02. The number of benzene rings is 1. The monoisotopic (exact) mass is 220 g/mol. The summed E-state index contributed by atoms with van der Waals surface area (Å²) in [5.41, 5.74) is 0.385. The number of piperazine rings is 1. The van der Waals surface area contributed by atoms with E-state index in [1.54, 1.807) is 29.2 Å². The summed E-state index contributed by atoms with van der Waals surface area (Å²) < 4.78 is 0. The molecule has 4 heteroatoms. The fourth-order valence-electron chi connectivity index (χ4n) is 1.95. The van der Waals surface area contributed by atoms with Gasteiger partial charge in [0.25, 0.3) is 5.91 Å². The molecule has 1 aromatic carbocycles. The predicted molar refractivity (Wildman–Crippen MR) is 61.5 cm³/mol. The van der Waals surface area contributed by atoms with E-state index in [1.807, 2.05) is 6.92 Å². The van der Waals surface area contributed by atoms with E-state index in [4.69, 9.17) is 0 Å². The van der Waals surface area contributed by atoms with Gasteiger partial charge in [0.15, 0.2) is 0 Å². The summed E-state index contributed by atoms with van der Waals surface area (Å²) in [5.74, 6) is -0.0367. The Bertz CT molecular complexity index is 392. The highest BCUT2D eigenvalue weighted by Gasteiger charge is 2.25. The lowest BCUT2D eigenvalue weighted by atomic mass is 10.1. The lowest BCUT2D eigenvalue weighted by Crippen LogP contribution is -2.52. The normalized spacial score (nSPS) is 20.8. The molecule has 1 heterocycles. The van der Waals surface area contributed by atoms with Gasteiger partial charge in [0, 0.05) is 25.7 Å². The number of carbonyl (C=O) groups excluding carboxylic acids is 1. The summed E-state index contributed by atoms with van der Waals surface area (Å²) >= 11 is 0. The van der Waals surface area contributed by atoms with Crippen LogP contribution in [0.2, 0.25) is 0 Å². The molecule has 2 N–H and O–H groups in total. The first-order chi connectivity index (χ1) is 7.70. The van der Waals surface area contributed by atoms with Gasteiger partial charge in [-0.05, 0) is 19.1 Å². The molecule has 1 atom stereocenters. The largest absolute Gasteiger partial charge is 0.507 e. The van der Waals surface area contributed by atoms with E-state index < -0.39 is 0 Å². The van der Waals surface area contributed by atoms with Crippen LogP contribution in [0.3, 0.4) is 0 Å². The second-order valence-corrected chi connectivity index (χ2v) is 4.07. The third-order valence-electron chi connectivity index (χ3n) is 2.90. The van der Waals surface area contributed by atoms with E-state index in [-0.39, 0.29) is 17.7 Å². The van der Waals surface area contributed by atoms with E-state index >= 15 is 0 Å². The zero-order valence-electron chi connectivity index (χ0n) is 9.31. The van der Waals surface area contributed by atoms with Crippen molar-refractivity contribution in [3.05, 3.63) is 29.8 Å². The second-order valence-electron chi connectivity index (χ2n) is 4.07. The van der Waals surface area contributed by atoms with Gasteiger partial charge in [0.05, 0.1) is 5.56 Å². The maximum Gasteiger partial charge on any atom is 0.257 e. The maximum atomic E-state index is 12.2. The Kier molecular flexibility index (Phi) is 3.10. The van der Waals surface area contributed by atoms with Gasteiger partial charge in [0.1, 0.15) is 5.75 Å². The first-order valence-electron chi connectivity index (χ1n) is 5.50. The molecule has 0 saturated carbocycles. The van der Waals surface area contributed by atoms with Crippen LogP contribution in [0.25, 0.3) is 0 Å². The number of hydrogen-bond acceptors (Lipinski definition) is 3. The van der Waals surface area contributed by atoms with Gasteiger partial charge in [-0.3, -0.25) is 4.79 Å². The van der Waals surface area contributed by atoms with Crippen LogP contribution in [-0.2, 0) is 0 Å². The van der Waals surface area contributed by atoms with Crippen molar-refractivity contribution in [3.8, 4) is 5.75 Å². The summed E-state index contributed by atoms with van der Waals surface area (Å²) in [5, 5.41) is 12.9. The maximum absolute atomic E-state index is 12.2. The van der Waals surface area contributed by atoms with Gasteiger partial charge >= 0.3 is 0 Å². The van der Waals surface area contributed by atoms with Crippen LogP contribution in [0.5, 0.6) is 5.75 Å². The lowest BCUT2D eigenvalue weighted by Gasteiger charge is -2.34. The minimum Gasteiger partial charge on any atom is -0.507 e. The minimum absolute atomic E-state index is 0.0539. The molecule has 1 amide bonds. The SMILES string of the molecule is CC1CNCCN1C(=O)c1ccccc1O. The molecule has 0 aromatic heterocycles. The number of phenols is 1. The third-order valence-corrected chi connectivity index (χ3v) is 2.90. The zero-order valence-corrected chi connectivity index (χ0v) is 9.31. The average Bonchev–Trinajstić information content (AvgIpc) is 2.29. The number of carbonyl (C=O) groups is 1. The molecule has 1 unspecified atom stereocenters. The van der Waals surface area contributed by atoms with Gasteiger partial charge < -0.3 is 15.3 Å². The van der Waals surface area contributed by atoms with Gasteiger partial charge in [-0.15, -0.1) is 0 Å². The Labute approximate surface area is 94.9 Å². The summed E-state index contributed by atoms with van der Waals surface area (Å²) in [6, 6.07) is 6.85. The molecule has 2 rings (SSSR count). The van der Waals surface area contributed by atoms with Crippen LogP contribution in [-0.4, -0.2) is 41.6 Å². The van der Waals surface area contributed by atoms with Gasteiger partial charge in [0.2, 0.25) is 0 Å². The van der Waals surface area contributed by atoms with Crippen molar-refractivity contribution < 1.29 is 9.90 Å². The molecule has 0 aliphatic carbocycles. The number of nitrogens with zero attached hydrogens (tertiary/aromatic N) is 1. The highest BCUT2D eigenvalue weighted by atomic mass is 16.3. The van der Waals surface area contributed by atoms with Crippen molar-refractivity contribution in [3.63, 3.8) is 0 Å². The fraction of sp³-hybridized carbons (Fsp3) is 0.417. The average molecular weight is 220 g/mol. The van der Waals surface area contributed by atoms with Crippen molar-refractivity contribution >= 4 is 5.91 Å². The minimum atomic E-state index is -0.0906. The first-order valence-corrected chi connectivity index (χ1v) is 5.50. The number of nitrogens with one attached hydrogen (secondary N) is 1. The van der Waals surface area contributed by atoms with E-state index in [1.165, 1.54) is 0 Å². The number of hydrogen-bond donors (Lipinski definition) is 2. The molecule has 1 aromatic rings. The molecule has 86 valence electrons. The number of rotatable bonds is 1. The molecule has 16 heavy (non-hydrogen) atoms. The Balaban J connectivity index is 2.21. The second kappa shape index (κ2) is 4.53. The quantitative estimate of drug-likeness (QED) is 0.737. The van der Waals surface area contributed by atoms with Gasteiger partial charge in [-0.1, -0.05) is 12.1 Å². The molecular weight excluding hydrogens is 204 g/mol. The van der Waals surface area contributed by atoms with E-state index in [0.717, 1.165) is 13.1 Å². The van der Waals surface area contributed by atoms with E-state index in [0.29, 0.717) is 12.1 Å².